The maximum Gasteiger partial charge on any atom is 0.343 e. The molecule has 268 valence electrons. The third kappa shape index (κ3) is 11.1. The van der Waals surface area contributed by atoms with Crippen LogP contribution in [0.1, 0.15) is 47.9 Å². The van der Waals surface area contributed by atoms with Crippen molar-refractivity contribution in [2.45, 2.75) is 12.5 Å². The number of nitrogens with two attached hydrogens (primary N) is 2. The predicted octanol–water partition coefficient (Wildman–Crippen LogP) is 2.64. The molecular weight excluding hydrogens is 682 g/mol. The average Bonchev–Trinajstić information content (AvgIpc) is 3.09. The first-order chi connectivity index (χ1) is 24.8. The molecule has 0 radical (unpaired) electrons. The maximum absolute atomic E-state index is 13.0. The van der Waals surface area contributed by atoms with Gasteiger partial charge in [0.15, 0.2) is 5.96 Å². The van der Waals surface area contributed by atoms with E-state index in [1.54, 1.807) is 18.2 Å². The van der Waals surface area contributed by atoms with Gasteiger partial charge < -0.3 is 51.3 Å². The number of carboxylic acid groups (broad SMARTS) is 2. The minimum absolute atomic E-state index is 0.0118. The SMILES string of the molecule is N=C(N)Nc1ccc(C(=O)Oc2cc(OCCOc3cc(OC(=O)c4ccccc4)cc(C(=O)N[C@@H](CC(=O)O)C(=O)O)c3)cc(C(N)=O)c2)cc1. The number of rotatable bonds is 16. The van der Waals surface area contributed by atoms with Crippen LogP contribution in [0.5, 0.6) is 23.0 Å². The molecule has 0 fully saturated rings. The standard InChI is InChI=1S/C35H31N5O12/c36-30(43)21-12-24(16-26(13-21)51-34(48)20-6-8-23(9-7-20)39-35(37)38)49-10-11-50-25-14-22(31(44)40-28(32(45)46)18-29(41)42)15-27(17-25)52-33(47)19-4-2-1-3-5-19/h1-9,12-17,28H,10-11,18H2,(H2,36,43)(H,40,44)(H,41,42)(H,45,46)(H4,37,38,39)/t28-/m0/s1. The second-order valence-electron chi connectivity index (χ2n) is 10.7. The van der Waals surface area contributed by atoms with Gasteiger partial charge in [0.1, 0.15) is 42.3 Å². The molecule has 2 amide bonds. The Kier molecular flexibility index (Phi) is 12.4. The van der Waals surface area contributed by atoms with E-state index in [9.17, 15) is 33.9 Å². The molecule has 0 saturated carbocycles. The minimum atomic E-state index is -1.76. The molecule has 4 rings (SSSR count). The fraction of sp³-hybridized carbons (Fsp3) is 0.114. The van der Waals surface area contributed by atoms with Crippen molar-refractivity contribution in [2.75, 3.05) is 18.5 Å². The molecule has 0 saturated heterocycles. The Morgan fingerprint density at radius 3 is 1.65 bits per heavy atom. The van der Waals surface area contributed by atoms with Crippen LogP contribution in [0.25, 0.3) is 0 Å². The Hall–Kier alpha value is -7.43. The van der Waals surface area contributed by atoms with Gasteiger partial charge in [0.2, 0.25) is 5.91 Å². The monoisotopic (exact) mass is 713 g/mol. The number of carbonyl (C=O) groups is 6. The summed E-state index contributed by atoms with van der Waals surface area (Å²) in [7, 11) is 0. The topological polar surface area (TPSA) is 280 Å². The third-order valence-corrected chi connectivity index (χ3v) is 6.74. The number of primary amides is 1. The van der Waals surface area contributed by atoms with Crippen LogP contribution in [0.15, 0.2) is 91.0 Å². The zero-order valence-corrected chi connectivity index (χ0v) is 27.0. The molecular formula is C35H31N5O12. The molecule has 0 unspecified atom stereocenters. The van der Waals surface area contributed by atoms with Crippen LogP contribution in [0.2, 0.25) is 0 Å². The fourth-order valence-electron chi connectivity index (χ4n) is 4.39. The molecule has 4 aromatic rings. The Morgan fingerprint density at radius 1 is 0.654 bits per heavy atom. The number of amides is 2. The van der Waals surface area contributed by atoms with E-state index in [1.165, 1.54) is 66.7 Å². The van der Waals surface area contributed by atoms with E-state index in [4.69, 9.17) is 40.9 Å². The van der Waals surface area contributed by atoms with Crippen molar-refractivity contribution in [3.63, 3.8) is 0 Å². The highest BCUT2D eigenvalue weighted by molar-refractivity contribution is 5.99. The number of carboxylic acids is 2. The van der Waals surface area contributed by atoms with Crippen LogP contribution < -0.4 is 41.0 Å². The largest absolute Gasteiger partial charge is 0.490 e. The highest BCUT2D eigenvalue weighted by Gasteiger charge is 2.24. The average molecular weight is 714 g/mol. The van der Waals surface area contributed by atoms with Crippen LogP contribution in [-0.2, 0) is 9.59 Å². The molecule has 0 aliphatic rings. The van der Waals surface area contributed by atoms with Gasteiger partial charge in [-0.3, -0.25) is 19.8 Å². The molecule has 1 atom stereocenters. The van der Waals surface area contributed by atoms with Gasteiger partial charge in [-0.1, -0.05) is 18.2 Å². The van der Waals surface area contributed by atoms with Gasteiger partial charge in [-0.2, -0.15) is 0 Å². The van der Waals surface area contributed by atoms with Crippen molar-refractivity contribution in [2.24, 2.45) is 11.5 Å². The Bertz CT molecular complexity index is 2000. The number of ether oxygens (including phenoxy) is 4. The predicted molar refractivity (Wildman–Crippen MR) is 182 cm³/mol. The van der Waals surface area contributed by atoms with Crippen molar-refractivity contribution in [3.8, 4) is 23.0 Å². The number of carbonyl (C=O) groups excluding carboxylic acids is 4. The van der Waals surface area contributed by atoms with Gasteiger partial charge in [-0.25, -0.2) is 14.4 Å². The number of guanidine groups is 1. The summed E-state index contributed by atoms with van der Waals surface area (Å²) < 4.78 is 22.2. The first-order valence-corrected chi connectivity index (χ1v) is 15.1. The van der Waals surface area contributed by atoms with Gasteiger partial charge in [0, 0.05) is 28.9 Å². The van der Waals surface area contributed by atoms with Gasteiger partial charge in [0.05, 0.1) is 17.5 Å². The van der Waals surface area contributed by atoms with Crippen LogP contribution in [-0.4, -0.2) is 71.1 Å². The zero-order valence-electron chi connectivity index (χ0n) is 27.0. The highest BCUT2D eigenvalue weighted by atomic mass is 16.5. The summed E-state index contributed by atoms with van der Waals surface area (Å²) in [5, 5.41) is 30.4. The van der Waals surface area contributed by atoms with E-state index >= 15 is 0 Å². The van der Waals surface area contributed by atoms with Crippen LogP contribution >= 0.6 is 0 Å². The lowest BCUT2D eigenvalue weighted by Gasteiger charge is -2.15. The number of hydrogen-bond acceptors (Lipinski definition) is 11. The second-order valence-corrected chi connectivity index (χ2v) is 10.7. The Labute approximate surface area is 294 Å². The summed E-state index contributed by atoms with van der Waals surface area (Å²) in [6.45, 7) is -0.361. The van der Waals surface area contributed by atoms with Gasteiger partial charge in [0.25, 0.3) is 5.91 Å². The van der Waals surface area contributed by atoms with E-state index in [1.807, 2.05) is 0 Å². The molecule has 0 aliphatic carbocycles. The number of aliphatic carboxylic acids is 2. The van der Waals surface area contributed by atoms with Crippen LogP contribution in [0, 0.1) is 5.41 Å². The molecule has 17 heteroatoms. The molecule has 4 aromatic carbocycles. The summed E-state index contributed by atoms with van der Waals surface area (Å²) >= 11 is 0. The summed E-state index contributed by atoms with van der Waals surface area (Å²) in [5.74, 6) is -6.81. The van der Waals surface area contributed by atoms with Crippen molar-refractivity contribution in [3.05, 3.63) is 113 Å². The lowest BCUT2D eigenvalue weighted by atomic mass is 10.1. The molecule has 0 aliphatic heterocycles. The summed E-state index contributed by atoms with van der Waals surface area (Å²) in [5.41, 5.74) is 11.3. The summed E-state index contributed by atoms with van der Waals surface area (Å²) in [6.07, 6.45) is -0.894. The molecule has 52 heavy (non-hydrogen) atoms. The normalized spacial score (nSPS) is 10.9. The molecule has 9 N–H and O–H groups in total. The number of esters is 2. The highest BCUT2D eigenvalue weighted by Crippen LogP contribution is 2.26. The van der Waals surface area contributed by atoms with E-state index in [-0.39, 0.29) is 64.4 Å². The van der Waals surface area contributed by atoms with Gasteiger partial charge in [-0.15, -0.1) is 0 Å². The number of anilines is 1. The lowest BCUT2D eigenvalue weighted by molar-refractivity contribution is -0.145. The van der Waals surface area contributed by atoms with E-state index in [0.29, 0.717) is 5.69 Å². The summed E-state index contributed by atoms with van der Waals surface area (Å²) in [4.78, 5) is 73.0. The van der Waals surface area contributed by atoms with Crippen molar-refractivity contribution >= 4 is 47.3 Å². The van der Waals surface area contributed by atoms with Crippen molar-refractivity contribution < 1.29 is 57.9 Å². The Balaban J connectivity index is 1.47. The minimum Gasteiger partial charge on any atom is -0.490 e. The van der Waals surface area contributed by atoms with Crippen LogP contribution in [0.3, 0.4) is 0 Å². The quantitative estimate of drug-likeness (QED) is 0.0289. The second kappa shape index (κ2) is 17.3. The van der Waals surface area contributed by atoms with E-state index in [2.05, 4.69) is 10.6 Å². The van der Waals surface area contributed by atoms with E-state index < -0.39 is 48.2 Å². The lowest BCUT2D eigenvalue weighted by Crippen LogP contribution is -2.42. The number of benzene rings is 4. The number of nitrogens with one attached hydrogen (secondary N) is 3. The molecule has 0 spiro atoms. The van der Waals surface area contributed by atoms with E-state index in [0.717, 1.165) is 6.07 Å². The molecule has 0 heterocycles. The first-order valence-electron chi connectivity index (χ1n) is 15.1. The summed E-state index contributed by atoms with van der Waals surface area (Å²) in [6, 6.07) is 19.6. The fourth-order valence-corrected chi connectivity index (χ4v) is 4.39. The molecule has 17 nitrogen and oxygen atoms in total. The van der Waals surface area contributed by atoms with Crippen LogP contribution in [0.4, 0.5) is 5.69 Å². The van der Waals surface area contributed by atoms with Crippen molar-refractivity contribution in [1.29, 1.82) is 5.41 Å². The van der Waals surface area contributed by atoms with Crippen molar-refractivity contribution in [1.82, 2.24) is 5.32 Å². The zero-order chi connectivity index (χ0) is 37.8. The molecule has 0 aromatic heterocycles. The molecule has 0 bridgehead atoms. The smallest absolute Gasteiger partial charge is 0.343 e. The third-order valence-electron chi connectivity index (χ3n) is 6.74. The number of hydrogen-bond donors (Lipinski definition) is 7. The van der Waals surface area contributed by atoms with Gasteiger partial charge in [-0.05, 0) is 60.7 Å². The Morgan fingerprint density at radius 2 is 1.15 bits per heavy atom. The van der Waals surface area contributed by atoms with Gasteiger partial charge >= 0.3 is 23.9 Å². The first kappa shape index (κ1) is 37.4. The maximum atomic E-state index is 13.0.